The van der Waals surface area contributed by atoms with E-state index in [1.807, 2.05) is 22.6 Å². The second-order valence-corrected chi connectivity index (χ2v) is 5.09. The van der Waals surface area contributed by atoms with E-state index >= 15 is 0 Å². The Morgan fingerprint density at radius 1 is 1.65 bits per heavy atom. The van der Waals surface area contributed by atoms with Gasteiger partial charge in [0.25, 0.3) is 5.56 Å². The molecule has 1 atom stereocenters. The normalized spacial score (nSPS) is 12.7. The molecule has 1 unspecified atom stereocenters. The van der Waals surface area contributed by atoms with E-state index in [2.05, 4.69) is 17.2 Å². The smallest absolute Gasteiger partial charge is 0.267 e. The first-order valence-electron chi connectivity index (χ1n) is 5.67. The summed E-state index contributed by atoms with van der Waals surface area (Å²) in [5.74, 6) is 0.630. The molecule has 6 heteroatoms. The lowest BCUT2D eigenvalue weighted by Crippen LogP contribution is -2.36. The van der Waals surface area contributed by atoms with Crippen molar-refractivity contribution in [2.45, 2.75) is 32.9 Å². The number of aliphatic hydroxyl groups excluding tert-OH is 1. The number of nitrogens with zero attached hydrogens (tertiary/aromatic N) is 2. The van der Waals surface area contributed by atoms with E-state index in [-0.39, 0.29) is 12.1 Å². The number of aryl methyl sites for hydroxylation is 1. The van der Waals surface area contributed by atoms with Crippen LogP contribution in [0.3, 0.4) is 0 Å². The van der Waals surface area contributed by atoms with E-state index in [0.717, 1.165) is 13.0 Å². The first kappa shape index (κ1) is 14.6. The predicted molar refractivity (Wildman–Crippen MR) is 75.1 cm³/mol. The quantitative estimate of drug-likeness (QED) is 0.579. The molecular weight excluding hydrogens is 333 g/mol. The van der Waals surface area contributed by atoms with Crippen LogP contribution in [0.4, 0.5) is 0 Å². The van der Waals surface area contributed by atoms with Crippen LogP contribution in [0.25, 0.3) is 0 Å². The first-order chi connectivity index (χ1) is 8.06. The summed E-state index contributed by atoms with van der Waals surface area (Å²) >= 11 is 1.96. The molecule has 1 aromatic heterocycles. The Morgan fingerprint density at radius 3 is 3.00 bits per heavy atom. The van der Waals surface area contributed by atoms with Gasteiger partial charge in [-0.05, 0) is 42.5 Å². The Balaban J connectivity index is 2.68. The fourth-order valence-corrected chi connectivity index (χ4v) is 1.92. The summed E-state index contributed by atoms with van der Waals surface area (Å²) in [6.07, 6.45) is 2.00. The van der Waals surface area contributed by atoms with Gasteiger partial charge in [-0.3, -0.25) is 9.36 Å². The average molecular weight is 351 g/mol. The second kappa shape index (κ2) is 7.07. The van der Waals surface area contributed by atoms with Gasteiger partial charge in [0.15, 0.2) is 0 Å². The van der Waals surface area contributed by atoms with Crippen LogP contribution in [0.5, 0.6) is 0 Å². The van der Waals surface area contributed by atoms with Crippen molar-refractivity contribution in [3.05, 3.63) is 25.9 Å². The van der Waals surface area contributed by atoms with Crippen LogP contribution in [0.1, 0.15) is 19.2 Å². The van der Waals surface area contributed by atoms with Crippen molar-refractivity contribution in [1.29, 1.82) is 0 Å². The number of hydrogen-bond acceptors (Lipinski definition) is 4. The van der Waals surface area contributed by atoms with Gasteiger partial charge in [-0.25, -0.2) is 4.98 Å². The Hall–Kier alpha value is -0.470. The van der Waals surface area contributed by atoms with Gasteiger partial charge in [0, 0.05) is 12.7 Å². The third-order valence-corrected chi connectivity index (χ3v) is 3.14. The summed E-state index contributed by atoms with van der Waals surface area (Å²) in [5, 5.41) is 12.9. The molecule has 0 aliphatic heterocycles. The molecule has 1 aromatic rings. The van der Waals surface area contributed by atoms with E-state index < -0.39 is 6.10 Å². The molecule has 0 aliphatic carbocycles. The molecule has 0 bridgehead atoms. The summed E-state index contributed by atoms with van der Waals surface area (Å²) in [7, 11) is 0. The minimum atomic E-state index is -0.571. The Labute approximate surface area is 114 Å². The number of aromatic nitrogens is 2. The number of hydrogen-bond donors (Lipinski definition) is 2. The maximum absolute atomic E-state index is 11.8. The molecule has 5 nitrogen and oxygen atoms in total. The van der Waals surface area contributed by atoms with E-state index in [1.54, 1.807) is 13.1 Å². The molecule has 0 saturated carbocycles. The highest BCUT2D eigenvalue weighted by atomic mass is 127. The van der Waals surface area contributed by atoms with Gasteiger partial charge in [-0.2, -0.15) is 0 Å². The SMILES string of the molecule is CCCNCC(O)Cn1c(C)ncc(I)c1=O. The van der Waals surface area contributed by atoms with E-state index in [0.29, 0.717) is 15.9 Å². The molecule has 1 rings (SSSR count). The van der Waals surface area contributed by atoms with Crippen LogP contribution in [-0.2, 0) is 6.54 Å². The molecule has 96 valence electrons. The van der Waals surface area contributed by atoms with E-state index in [4.69, 9.17) is 0 Å². The lowest BCUT2D eigenvalue weighted by atomic mass is 10.3. The Kier molecular flexibility index (Phi) is 6.07. The van der Waals surface area contributed by atoms with Crippen LogP contribution in [0.2, 0.25) is 0 Å². The third kappa shape index (κ3) is 4.36. The lowest BCUT2D eigenvalue weighted by molar-refractivity contribution is 0.149. The van der Waals surface area contributed by atoms with Crippen LogP contribution in [-0.4, -0.2) is 33.9 Å². The zero-order valence-electron chi connectivity index (χ0n) is 10.1. The number of rotatable bonds is 6. The Morgan fingerprint density at radius 2 is 2.35 bits per heavy atom. The molecule has 0 aromatic carbocycles. The molecular formula is C11H18IN3O2. The van der Waals surface area contributed by atoms with Crippen LogP contribution in [0, 0.1) is 10.5 Å². The van der Waals surface area contributed by atoms with Crippen molar-refractivity contribution in [2.24, 2.45) is 0 Å². The van der Waals surface area contributed by atoms with Gasteiger partial charge in [0.05, 0.1) is 16.2 Å². The molecule has 1 heterocycles. The second-order valence-electron chi connectivity index (χ2n) is 3.93. The van der Waals surface area contributed by atoms with Crippen molar-refractivity contribution < 1.29 is 5.11 Å². The number of halogens is 1. The molecule has 0 spiro atoms. The maximum atomic E-state index is 11.8. The van der Waals surface area contributed by atoms with Gasteiger partial charge >= 0.3 is 0 Å². The first-order valence-corrected chi connectivity index (χ1v) is 6.74. The molecule has 0 saturated heterocycles. The summed E-state index contributed by atoms with van der Waals surface area (Å²) in [4.78, 5) is 16.0. The molecule has 0 fully saturated rings. The number of aliphatic hydroxyl groups is 1. The Bertz CT molecular complexity index is 420. The van der Waals surface area contributed by atoms with Gasteiger partial charge in [-0.1, -0.05) is 6.92 Å². The largest absolute Gasteiger partial charge is 0.390 e. The minimum absolute atomic E-state index is 0.0901. The summed E-state index contributed by atoms with van der Waals surface area (Å²) < 4.78 is 2.09. The fraction of sp³-hybridized carbons (Fsp3) is 0.636. The van der Waals surface area contributed by atoms with Crippen LogP contribution in [0.15, 0.2) is 11.0 Å². The highest BCUT2D eigenvalue weighted by Crippen LogP contribution is 1.98. The van der Waals surface area contributed by atoms with Crippen LogP contribution < -0.4 is 10.9 Å². The minimum Gasteiger partial charge on any atom is -0.390 e. The zero-order chi connectivity index (χ0) is 12.8. The van der Waals surface area contributed by atoms with E-state index in [1.165, 1.54) is 4.57 Å². The monoisotopic (exact) mass is 351 g/mol. The molecule has 0 radical (unpaired) electrons. The number of nitrogens with one attached hydrogen (secondary N) is 1. The highest BCUT2D eigenvalue weighted by Gasteiger charge is 2.10. The third-order valence-electron chi connectivity index (χ3n) is 2.40. The van der Waals surface area contributed by atoms with Crippen molar-refractivity contribution in [3.8, 4) is 0 Å². The maximum Gasteiger partial charge on any atom is 0.267 e. The van der Waals surface area contributed by atoms with Crippen molar-refractivity contribution in [2.75, 3.05) is 13.1 Å². The summed E-state index contributed by atoms with van der Waals surface area (Å²) in [5.41, 5.74) is -0.0901. The summed E-state index contributed by atoms with van der Waals surface area (Å²) in [6, 6.07) is 0. The van der Waals surface area contributed by atoms with Crippen molar-refractivity contribution >= 4 is 22.6 Å². The topological polar surface area (TPSA) is 67.2 Å². The standard InChI is InChI=1S/C11H18IN3O2/c1-3-4-13-5-9(16)7-15-8(2)14-6-10(12)11(15)17/h6,9,13,16H,3-5,7H2,1-2H3. The lowest BCUT2D eigenvalue weighted by Gasteiger charge is -2.15. The highest BCUT2D eigenvalue weighted by molar-refractivity contribution is 14.1. The van der Waals surface area contributed by atoms with Crippen LogP contribution >= 0.6 is 22.6 Å². The van der Waals surface area contributed by atoms with Gasteiger partial charge in [-0.15, -0.1) is 0 Å². The molecule has 2 N–H and O–H groups in total. The fourth-order valence-electron chi connectivity index (χ4n) is 1.49. The van der Waals surface area contributed by atoms with Crippen molar-refractivity contribution in [3.63, 3.8) is 0 Å². The molecule has 0 aliphatic rings. The molecule has 17 heavy (non-hydrogen) atoms. The van der Waals surface area contributed by atoms with Gasteiger partial charge < -0.3 is 10.4 Å². The average Bonchev–Trinajstić information content (AvgIpc) is 2.30. The van der Waals surface area contributed by atoms with Gasteiger partial charge in [0.1, 0.15) is 5.82 Å². The molecule has 0 amide bonds. The van der Waals surface area contributed by atoms with E-state index in [9.17, 15) is 9.90 Å². The predicted octanol–water partition coefficient (Wildman–Crippen LogP) is 0.517. The zero-order valence-corrected chi connectivity index (χ0v) is 12.3. The van der Waals surface area contributed by atoms with Gasteiger partial charge in [0.2, 0.25) is 0 Å². The van der Waals surface area contributed by atoms with Crippen molar-refractivity contribution in [1.82, 2.24) is 14.9 Å². The summed E-state index contributed by atoms with van der Waals surface area (Å²) in [6.45, 7) is 5.48.